The van der Waals surface area contributed by atoms with Crippen molar-refractivity contribution in [2.45, 2.75) is 18.9 Å². The summed E-state index contributed by atoms with van der Waals surface area (Å²) < 4.78 is 0. The van der Waals surface area contributed by atoms with Crippen molar-refractivity contribution in [3.05, 3.63) is 34.9 Å². The summed E-state index contributed by atoms with van der Waals surface area (Å²) in [6.45, 7) is 2.39. The minimum atomic E-state index is -0.428. The average Bonchev–Trinajstić information content (AvgIpc) is 3.38. The SMILES string of the molecule is O=C(CN1CCN(C(=O)c2cccc(Cl)c2)CC1)NC(=O)NC1CC1. The van der Waals surface area contributed by atoms with Gasteiger partial charge in [0.2, 0.25) is 5.91 Å². The molecule has 7 nitrogen and oxygen atoms in total. The Morgan fingerprint density at radius 3 is 2.48 bits per heavy atom. The number of imide groups is 1. The van der Waals surface area contributed by atoms with Crippen LogP contribution in [0.4, 0.5) is 4.79 Å². The standard InChI is InChI=1S/C17H21ClN4O3/c18-13-3-1-2-12(10-13)16(24)22-8-6-21(7-9-22)11-15(23)20-17(25)19-14-4-5-14/h1-3,10,14H,4-9,11H2,(H2,19,20,23,25). The molecule has 0 unspecified atom stereocenters. The van der Waals surface area contributed by atoms with Gasteiger partial charge in [-0.2, -0.15) is 0 Å². The first-order valence-electron chi connectivity index (χ1n) is 8.39. The second-order valence-corrected chi connectivity index (χ2v) is 6.81. The van der Waals surface area contributed by atoms with E-state index in [1.807, 2.05) is 4.90 Å². The van der Waals surface area contributed by atoms with Crippen LogP contribution in [0.5, 0.6) is 0 Å². The highest BCUT2D eigenvalue weighted by Gasteiger charge is 2.26. The molecule has 1 heterocycles. The third kappa shape index (κ3) is 5.17. The number of hydrogen-bond acceptors (Lipinski definition) is 4. The van der Waals surface area contributed by atoms with Gasteiger partial charge in [0.15, 0.2) is 0 Å². The molecule has 0 spiro atoms. The Balaban J connectivity index is 1.42. The molecule has 1 saturated carbocycles. The van der Waals surface area contributed by atoms with Crippen LogP contribution >= 0.6 is 11.6 Å². The van der Waals surface area contributed by atoms with Gasteiger partial charge < -0.3 is 10.2 Å². The van der Waals surface area contributed by atoms with Gasteiger partial charge in [0.25, 0.3) is 5.91 Å². The van der Waals surface area contributed by atoms with Gasteiger partial charge >= 0.3 is 6.03 Å². The van der Waals surface area contributed by atoms with Crippen molar-refractivity contribution in [1.29, 1.82) is 0 Å². The molecule has 1 aliphatic heterocycles. The number of benzene rings is 1. The van der Waals surface area contributed by atoms with Gasteiger partial charge in [-0.15, -0.1) is 0 Å². The molecule has 1 saturated heterocycles. The molecule has 3 rings (SSSR count). The lowest BCUT2D eigenvalue weighted by Crippen LogP contribution is -2.52. The molecule has 2 aliphatic rings. The summed E-state index contributed by atoms with van der Waals surface area (Å²) in [5, 5.41) is 5.59. The van der Waals surface area contributed by atoms with Crippen LogP contribution in [-0.2, 0) is 4.79 Å². The number of nitrogens with one attached hydrogen (secondary N) is 2. The lowest BCUT2D eigenvalue weighted by Gasteiger charge is -2.34. The zero-order chi connectivity index (χ0) is 17.8. The lowest BCUT2D eigenvalue weighted by atomic mass is 10.2. The number of hydrogen-bond donors (Lipinski definition) is 2. The second kappa shape index (κ2) is 7.84. The smallest absolute Gasteiger partial charge is 0.321 e. The number of nitrogens with zero attached hydrogens (tertiary/aromatic N) is 2. The normalized spacial score (nSPS) is 17.9. The highest BCUT2D eigenvalue weighted by Crippen LogP contribution is 2.18. The molecule has 134 valence electrons. The third-order valence-corrected chi connectivity index (χ3v) is 4.50. The average molecular weight is 365 g/mol. The van der Waals surface area contributed by atoms with E-state index in [4.69, 9.17) is 11.6 Å². The first-order valence-corrected chi connectivity index (χ1v) is 8.76. The number of carbonyl (C=O) groups is 3. The quantitative estimate of drug-likeness (QED) is 0.837. The van der Waals surface area contributed by atoms with Crippen LogP contribution in [0.25, 0.3) is 0 Å². The second-order valence-electron chi connectivity index (χ2n) is 6.37. The van der Waals surface area contributed by atoms with Crippen molar-refractivity contribution in [2.24, 2.45) is 0 Å². The maximum absolute atomic E-state index is 12.5. The van der Waals surface area contributed by atoms with Crippen LogP contribution in [0.1, 0.15) is 23.2 Å². The lowest BCUT2D eigenvalue weighted by molar-refractivity contribution is -0.121. The third-order valence-electron chi connectivity index (χ3n) is 4.26. The molecule has 4 amide bonds. The zero-order valence-corrected chi connectivity index (χ0v) is 14.6. The van der Waals surface area contributed by atoms with Crippen molar-refractivity contribution >= 4 is 29.4 Å². The topological polar surface area (TPSA) is 81.8 Å². The fraction of sp³-hybridized carbons (Fsp3) is 0.471. The van der Waals surface area contributed by atoms with Gasteiger partial charge in [0.05, 0.1) is 6.54 Å². The minimum absolute atomic E-state index is 0.0598. The monoisotopic (exact) mass is 364 g/mol. The van der Waals surface area contributed by atoms with E-state index in [2.05, 4.69) is 10.6 Å². The Morgan fingerprint density at radius 1 is 1.12 bits per heavy atom. The van der Waals surface area contributed by atoms with E-state index in [1.54, 1.807) is 29.2 Å². The summed E-state index contributed by atoms with van der Waals surface area (Å²) >= 11 is 5.93. The summed E-state index contributed by atoms with van der Waals surface area (Å²) in [5.41, 5.74) is 0.565. The van der Waals surface area contributed by atoms with Gasteiger partial charge in [0, 0.05) is 42.8 Å². The summed E-state index contributed by atoms with van der Waals surface area (Å²) in [7, 11) is 0. The van der Waals surface area contributed by atoms with Crippen LogP contribution in [0.2, 0.25) is 5.02 Å². The van der Waals surface area contributed by atoms with E-state index in [9.17, 15) is 14.4 Å². The maximum Gasteiger partial charge on any atom is 0.321 e. The van der Waals surface area contributed by atoms with Gasteiger partial charge in [-0.05, 0) is 31.0 Å². The minimum Gasteiger partial charge on any atom is -0.336 e. The Bertz CT molecular complexity index is 670. The van der Waals surface area contributed by atoms with Crippen LogP contribution in [0, 0.1) is 0 Å². The largest absolute Gasteiger partial charge is 0.336 e. The number of urea groups is 1. The molecular formula is C17H21ClN4O3. The Kier molecular flexibility index (Phi) is 5.55. The first kappa shape index (κ1) is 17.7. The molecule has 1 aromatic rings. The van der Waals surface area contributed by atoms with E-state index in [-0.39, 0.29) is 24.4 Å². The van der Waals surface area contributed by atoms with Crippen LogP contribution in [0.15, 0.2) is 24.3 Å². The van der Waals surface area contributed by atoms with Crippen molar-refractivity contribution in [3.8, 4) is 0 Å². The predicted molar refractivity (Wildman–Crippen MR) is 93.5 cm³/mol. The predicted octanol–water partition coefficient (Wildman–Crippen LogP) is 1.09. The maximum atomic E-state index is 12.5. The molecule has 8 heteroatoms. The van der Waals surface area contributed by atoms with Crippen LogP contribution in [0.3, 0.4) is 0 Å². The molecule has 2 N–H and O–H groups in total. The number of piperazine rings is 1. The first-order chi connectivity index (χ1) is 12.0. The number of carbonyl (C=O) groups excluding carboxylic acids is 3. The van der Waals surface area contributed by atoms with E-state index in [1.165, 1.54) is 0 Å². The van der Waals surface area contributed by atoms with Crippen molar-refractivity contribution in [1.82, 2.24) is 20.4 Å². The summed E-state index contributed by atoms with van der Waals surface area (Å²) in [5.74, 6) is -0.386. The fourth-order valence-corrected chi connectivity index (χ4v) is 2.92. The van der Waals surface area contributed by atoms with E-state index >= 15 is 0 Å². The highest BCUT2D eigenvalue weighted by atomic mass is 35.5. The molecule has 25 heavy (non-hydrogen) atoms. The molecule has 0 atom stereocenters. The number of amides is 4. The summed E-state index contributed by atoms with van der Waals surface area (Å²) in [4.78, 5) is 39.6. The summed E-state index contributed by atoms with van der Waals surface area (Å²) in [6, 6.07) is 6.67. The van der Waals surface area contributed by atoms with Gasteiger partial charge in [0.1, 0.15) is 0 Å². The number of halogens is 1. The van der Waals surface area contributed by atoms with Crippen LogP contribution < -0.4 is 10.6 Å². The van der Waals surface area contributed by atoms with Gasteiger partial charge in [-0.25, -0.2) is 4.79 Å². The molecule has 1 aromatic carbocycles. The van der Waals surface area contributed by atoms with E-state index < -0.39 is 6.03 Å². The molecular weight excluding hydrogens is 344 g/mol. The molecule has 0 bridgehead atoms. The van der Waals surface area contributed by atoms with E-state index in [0.717, 1.165) is 12.8 Å². The van der Waals surface area contributed by atoms with Crippen molar-refractivity contribution in [3.63, 3.8) is 0 Å². The Labute approximate surface area is 151 Å². The van der Waals surface area contributed by atoms with Crippen molar-refractivity contribution in [2.75, 3.05) is 32.7 Å². The number of rotatable bonds is 4. The molecule has 0 radical (unpaired) electrons. The molecule has 2 fully saturated rings. The Morgan fingerprint density at radius 2 is 1.84 bits per heavy atom. The van der Waals surface area contributed by atoms with Gasteiger partial charge in [-0.1, -0.05) is 17.7 Å². The molecule has 0 aromatic heterocycles. The van der Waals surface area contributed by atoms with Crippen LogP contribution in [-0.4, -0.2) is 66.4 Å². The Hall–Kier alpha value is -2.12. The summed E-state index contributed by atoms with van der Waals surface area (Å²) in [6.07, 6.45) is 1.95. The van der Waals surface area contributed by atoms with Crippen molar-refractivity contribution < 1.29 is 14.4 Å². The highest BCUT2D eigenvalue weighted by molar-refractivity contribution is 6.30. The van der Waals surface area contributed by atoms with E-state index in [0.29, 0.717) is 36.8 Å². The fourth-order valence-electron chi connectivity index (χ4n) is 2.73. The zero-order valence-electron chi connectivity index (χ0n) is 13.8. The molecule has 1 aliphatic carbocycles. The van der Waals surface area contributed by atoms with Gasteiger partial charge in [-0.3, -0.25) is 19.8 Å².